The average molecular weight is 259 g/mol. The van der Waals surface area contributed by atoms with Crippen LogP contribution in [0.1, 0.15) is 29.4 Å². The minimum Gasteiger partial charge on any atom is -0.496 e. The minimum atomic E-state index is 0.585. The molecule has 18 heavy (non-hydrogen) atoms. The number of methoxy groups -OCH3 is 1. The van der Waals surface area contributed by atoms with Crippen molar-refractivity contribution in [3.63, 3.8) is 0 Å². The third kappa shape index (κ3) is 2.11. The summed E-state index contributed by atoms with van der Waals surface area (Å²) in [6, 6.07) is 16.5. The van der Waals surface area contributed by atoms with E-state index < -0.39 is 0 Å². The minimum absolute atomic E-state index is 0.585. The topological polar surface area (TPSA) is 9.23 Å². The molecule has 0 aromatic heterocycles. The lowest BCUT2D eigenvalue weighted by molar-refractivity contribution is 0.409. The second kappa shape index (κ2) is 4.66. The second-order valence-corrected chi connectivity index (χ2v) is 5.18. The first kappa shape index (κ1) is 11.6. The van der Waals surface area contributed by atoms with Crippen LogP contribution in [-0.2, 0) is 0 Å². The summed E-state index contributed by atoms with van der Waals surface area (Å²) >= 11 is 5.92. The van der Waals surface area contributed by atoms with Crippen LogP contribution < -0.4 is 4.74 Å². The van der Waals surface area contributed by atoms with Crippen molar-refractivity contribution in [1.82, 2.24) is 0 Å². The van der Waals surface area contributed by atoms with Gasteiger partial charge in [-0.2, -0.15) is 0 Å². The van der Waals surface area contributed by atoms with Crippen molar-refractivity contribution in [3.05, 3.63) is 64.7 Å². The highest BCUT2D eigenvalue weighted by Gasteiger charge is 2.40. The van der Waals surface area contributed by atoms with Gasteiger partial charge in [-0.25, -0.2) is 0 Å². The van der Waals surface area contributed by atoms with Crippen LogP contribution in [0.3, 0.4) is 0 Å². The normalized spacial score (nSPS) is 21.7. The Morgan fingerprint density at radius 1 is 1.00 bits per heavy atom. The maximum absolute atomic E-state index is 5.92. The number of halogens is 1. The summed E-state index contributed by atoms with van der Waals surface area (Å²) < 4.78 is 5.43. The van der Waals surface area contributed by atoms with Gasteiger partial charge in [-0.3, -0.25) is 0 Å². The Bertz CT molecular complexity index is 547. The summed E-state index contributed by atoms with van der Waals surface area (Å²) in [5, 5.41) is 0.799. The Morgan fingerprint density at radius 3 is 2.44 bits per heavy atom. The summed E-state index contributed by atoms with van der Waals surface area (Å²) in [4.78, 5) is 0. The summed E-state index contributed by atoms with van der Waals surface area (Å²) in [7, 11) is 1.73. The second-order valence-electron chi connectivity index (χ2n) is 4.74. The van der Waals surface area contributed by atoms with Crippen molar-refractivity contribution in [3.8, 4) is 5.75 Å². The van der Waals surface area contributed by atoms with Crippen LogP contribution in [0, 0.1) is 0 Å². The van der Waals surface area contributed by atoms with E-state index in [1.54, 1.807) is 7.11 Å². The van der Waals surface area contributed by atoms with E-state index in [1.807, 2.05) is 24.3 Å². The molecule has 2 aromatic rings. The van der Waals surface area contributed by atoms with Crippen LogP contribution in [0.2, 0.25) is 5.02 Å². The maximum atomic E-state index is 5.92. The lowest BCUT2D eigenvalue weighted by Crippen LogP contribution is -1.90. The SMILES string of the molecule is COc1ccccc1[C@H]1C[C@H]1c1ccc(Cl)cc1. The van der Waals surface area contributed by atoms with Gasteiger partial charge in [0.1, 0.15) is 5.75 Å². The lowest BCUT2D eigenvalue weighted by atomic mass is 10.0. The zero-order valence-corrected chi connectivity index (χ0v) is 11.0. The number of hydrogen-bond donors (Lipinski definition) is 0. The third-order valence-electron chi connectivity index (χ3n) is 3.63. The van der Waals surface area contributed by atoms with Gasteiger partial charge in [0.2, 0.25) is 0 Å². The summed E-state index contributed by atoms with van der Waals surface area (Å²) in [6.07, 6.45) is 1.20. The summed E-state index contributed by atoms with van der Waals surface area (Å²) in [5.41, 5.74) is 2.69. The predicted molar refractivity (Wildman–Crippen MR) is 74.5 cm³/mol. The first-order chi connectivity index (χ1) is 8.79. The molecule has 1 fully saturated rings. The molecule has 1 saturated carbocycles. The van der Waals surface area contributed by atoms with Gasteiger partial charge in [-0.15, -0.1) is 0 Å². The van der Waals surface area contributed by atoms with Crippen molar-refractivity contribution in [1.29, 1.82) is 0 Å². The molecule has 0 spiro atoms. The molecule has 92 valence electrons. The quantitative estimate of drug-likeness (QED) is 0.781. The maximum Gasteiger partial charge on any atom is 0.122 e. The highest BCUT2D eigenvalue weighted by Crippen LogP contribution is 2.56. The van der Waals surface area contributed by atoms with Gasteiger partial charge >= 0.3 is 0 Å². The Kier molecular flexibility index (Phi) is 3.00. The third-order valence-corrected chi connectivity index (χ3v) is 3.88. The molecular formula is C16H15ClO. The van der Waals surface area contributed by atoms with Crippen molar-refractivity contribution in [2.24, 2.45) is 0 Å². The van der Waals surface area contributed by atoms with Crippen LogP contribution in [0.5, 0.6) is 5.75 Å². The first-order valence-electron chi connectivity index (χ1n) is 6.18. The molecular weight excluding hydrogens is 244 g/mol. The molecule has 0 heterocycles. The molecule has 2 heteroatoms. The van der Waals surface area contributed by atoms with E-state index in [4.69, 9.17) is 16.3 Å². The van der Waals surface area contributed by atoms with Gasteiger partial charge in [-0.1, -0.05) is 41.9 Å². The van der Waals surface area contributed by atoms with Crippen LogP contribution in [-0.4, -0.2) is 7.11 Å². The molecule has 0 saturated heterocycles. The Hall–Kier alpha value is -1.47. The fraction of sp³-hybridized carbons (Fsp3) is 0.250. The van der Waals surface area contributed by atoms with Gasteiger partial charge in [0, 0.05) is 5.02 Å². The zero-order chi connectivity index (χ0) is 12.5. The van der Waals surface area contributed by atoms with E-state index in [2.05, 4.69) is 24.3 Å². The smallest absolute Gasteiger partial charge is 0.122 e. The monoisotopic (exact) mass is 258 g/mol. The van der Waals surface area contributed by atoms with E-state index in [9.17, 15) is 0 Å². The summed E-state index contributed by atoms with van der Waals surface area (Å²) in [5.74, 6) is 2.19. The average Bonchev–Trinajstić information content (AvgIpc) is 3.20. The van der Waals surface area contributed by atoms with Crippen LogP contribution in [0.15, 0.2) is 48.5 Å². The molecule has 0 amide bonds. The number of benzene rings is 2. The summed E-state index contributed by atoms with van der Waals surface area (Å²) in [6.45, 7) is 0. The molecule has 0 radical (unpaired) electrons. The molecule has 0 unspecified atom stereocenters. The lowest BCUT2D eigenvalue weighted by Gasteiger charge is -2.07. The molecule has 0 aliphatic heterocycles. The number of ether oxygens (including phenoxy) is 1. The van der Waals surface area contributed by atoms with Crippen LogP contribution >= 0.6 is 11.6 Å². The fourth-order valence-electron chi connectivity index (χ4n) is 2.59. The van der Waals surface area contributed by atoms with Gasteiger partial charge in [0.25, 0.3) is 0 Å². The van der Waals surface area contributed by atoms with Gasteiger partial charge in [0.05, 0.1) is 7.11 Å². The predicted octanol–water partition coefficient (Wildman–Crippen LogP) is 4.62. The molecule has 0 N–H and O–H groups in total. The Labute approximate surface area is 112 Å². The van der Waals surface area contributed by atoms with E-state index in [1.165, 1.54) is 17.5 Å². The number of rotatable bonds is 3. The molecule has 3 rings (SSSR count). The number of para-hydroxylation sites is 1. The van der Waals surface area contributed by atoms with E-state index >= 15 is 0 Å². The van der Waals surface area contributed by atoms with Crippen molar-refractivity contribution >= 4 is 11.6 Å². The molecule has 0 bridgehead atoms. The van der Waals surface area contributed by atoms with E-state index in [0.29, 0.717) is 11.8 Å². The standard InChI is InChI=1S/C16H15ClO/c1-18-16-5-3-2-4-13(16)15-10-14(15)11-6-8-12(17)9-7-11/h2-9,14-15H,10H2,1H3/t14-,15+/m0/s1. The first-order valence-corrected chi connectivity index (χ1v) is 6.56. The van der Waals surface area contributed by atoms with Gasteiger partial charge in [0.15, 0.2) is 0 Å². The highest BCUT2D eigenvalue weighted by atomic mass is 35.5. The largest absolute Gasteiger partial charge is 0.496 e. The van der Waals surface area contributed by atoms with Gasteiger partial charge in [-0.05, 0) is 47.6 Å². The van der Waals surface area contributed by atoms with E-state index in [0.717, 1.165) is 10.8 Å². The Morgan fingerprint density at radius 2 is 1.72 bits per heavy atom. The fourth-order valence-corrected chi connectivity index (χ4v) is 2.72. The Balaban J connectivity index is 1.83. The van der Waals surface area contributed by atoms with Crippen molar-refractivity contribution < 1.29 is 4.74 Å². The number of hydrogen-bond acceptors (Lipinski definition) is 1. The van der Waals surface area contributed by atoms with Crippen LogP contribution in [0.25, 0.3) is 0 Å². The van der Waals surface area contributed by atoms with Crippen LogP contribution in [0.4, 0.5) is 0 Å². The molecule has 1 aliphatic carbocycles. The van der Waals surface area contributed by atoms with E-state index in [-0.39, 0.29) is 0 Å². The molecule has 2 atom stereocenters. The highest BCUT2D eigenvalue weighted by molar-refractivity contribution is 6.30. The molecule has 2 aromatic carbocycles. The molecule has 1 aliphatic rings. The van der Waals surface area contributed by atoms with Crippen molar-refractivity contribution in [2.75, 3.05) is 7.11 Å². The van der Waals surface area contributed by atoms with Crippen molar-refractivity contribution in [2.45, 2.75) is 18.3 Å². The zero-order valence-electron chi connectivity index (χ0n) is 10.3. The molecule has 1 nitrogen and oxygen atoms in total. The van der Waals surface area contributed by atoms with Gasteiger partial charge < -0.3 is 4.74 Å².